The zero-order valence-electron chi connectivity index (χ0n) is 10.2. The SMILES string of the molecule is O=C(CCl)N(Cc1ccco1)[C@@H]1CCCC[C@@H]1O. The van der Waals surface area contributed by atoms with E-state index in [4.69, 9.17) is 16.0 Å². The summed E-state index contributed by atoms with van der Waals surface area (Å²) in [7, 11) is 0. The van der Waals surface area contributed by atoms with Crippen molar-refractivity contribution in [2.24, 2.45) is 0 Å². The molecule has 1 amide bonds. The maximum atomic E-state index is 11.9. The molecule has 1 fully saturated rings. The zero-order chi connectivity index (χ0) is 13.0. The van der Waals surface area contributed by atoms with E-state index in [1.54, 1.807) is 17.2 Å². The average molecular weight is 272 g/mol. The molecule has 4 nitrogen and oxygen atoms in total. The molecule has 2 rings (SSSR count). The number of amides is 1. The van der Waals surface area contributed by atoms with Gasteiger partial charge in [-0.3, -0.25) is 4.79 Å². The number of alkyl halides is 1. The number of nitrogens with zero attached hydrogens (tertiary/aromatic N) is 1. The van der Waals surface area contributed by atoms with E-state index in [0.717, 1.165) is 25.7 Å². The Morgan fingerprint density at radius 3 is 2.89 bits per heavy atom. The summed E-state index contributed by atoms with van der Waals surface area (Å²) in [5, 5.41) is 10.0. The second kappa shape index (κ2) is 6.25. The molecule has 1 saturated carbocycles. The number of hydrogen-bond acceptors (Lipinski definition) is 3. The highest BCUT2D eigenvalue weighted by Gasteiger charge is 2.31. The molecule has 1 N–H and O–H groups in total. The third kappa shape index (κ3) is 3.06. The molecule has 18 heavy (non-hydrogen) atoms. The van der Waals surface area contributed by atoms with Gasteiger partial charge in [-0.1, -0.05) is 12.8 Å². The fraction of sp³-hybridized carbons (Fsp3) is 0.615. The third-order valence-corrected chi connectivity index (χ3v) is 3.66. The fourth-order valence-corrected chi connectivity index (χ4v) is 2.65. The van der Waals surface area contributed by atoms with Crippen LogP contribution < -0.4 is 0 Å². The molecule has 1 aliphatic carbocycles. The van der Waals surface area contributed by atoms with Gasteiger partial charge in [0, 0.05) is 0 Å². The molecule has 0 unspecified atom stereocenters. The fourth-order valence-electron chi connectivity index (χ4n) is 2.49. The Hall–Kier alpha value is -1.00. The molecule has 0 aliphatic heterocycles. The van der Waals surface area contributed by atoms with Crippen LogP contribution in [0, 0.1) is 0 Å². The molecule has 0 spiro atoms. The van der Waals surface area contributed by atoms with Crippen molar-refractivity contribution in [3.05, 3.63) is 24.2 Å². The first-order valence-electron chi connectivity index (χ1n) is 6.28. The van der Waals surface area contributed by atoms with Crippen LogP contribution in [0.3, 0.4) is 0 Å². The summed E-state index contributed by atoms with van der Waals surface area (Å²) in [5.74, 6) is 0.495. The van der Waals surface area contributed by atoms with E-state index in [1.807, 2.05) is 6.07 Å². The highest BCUT2D eigenvalue weighted by molar-refractivity contribution is 6.27. The van der Waals surface area contributed by atoms with Gasteiger partial charge < -0.3 is 14.4 Å². The van der Waals surface area contributed by atoms with Gasteiger partial charge in [-0.05, 0) is 25.0 Å². The van der Waals surface area contributed by atoms with E-state index in [1.165, 1.54) is 0 Å². The molecular formula is C13H18ClNO3. The van der Waals surface area contributed by atoms with Crippen molar-refractivity contribution in [1.82, 2.24) is 4.90 Å². The van der Waals surface area contributed by atoms with Gasteiger partial charge in [0.25, 0.3) is 0 Å². The minimum atomic E-state index is -0.458. The Morgan fingerprint density at radius 1 is 1.50 bits per heavy atom. The number of aliphatic hydroxyl groups is 1. The second-order valence-electron chi connectivity index (χ2n) is 4.65. The summed E-state index contributed by atoms with van der Waals surface area (Å²) >= 11 is 5.65. The lowest BCUT2D eigenvalue weighted by Gasteiger charge is -2.37. The quantitative estimate of drug-likeness (QED) is 0.854. The lowest BCUT2D eigenvalue weighted by Crippen LogP contribution is -2.48. The summed E-state index contributed by atoms with van der Waals surface area (Å²) in [6.45, 7) is 0.375. The van der Waals surface area contributed by atoms with Gasteiger partial charge in [0.05, 0.1) is 25.0 Å². The van der Waals surface area contributed by atoms with Crippen LogP contribution in [0.4, 0.5) is 0 Å². The monoisotopic (exact) mass is 271 g/mol. The van der Waals surface area contributed by atoms with Crippen molar-refractivity contribution < 1.29 is 14.3 Å². The summed E-state index contributed by atoms with van der Waals surface area (Å²) in [4.78, 5) is 13.6. The molecule has 0 aromatic carbocycles. The molecular weight excluding hydrogens is 254 g/mol. The predicted octanol–water partition coefficient (Wildman–Crippen LogP) is 2.15. The van der Waals surface area contributed by atoms with Crippen LogP contribution in [0.5, 0.6) is 0 Å². The van der Waals surface area contributed by atoms with Crippen LogP contribution in [0.15, 0.2) is 22.8 Å². The van der Waals surface area contributed by atoms with Crippen LogP contribution in [-0.2, 0) is 11.3 Å². The summed E-state index contributed by atoms with van der Waals surface area (Å²) in [5.41, 5.74) is 0. The van der Waals surface area contributed by atoms with Gasteiger partial charge >= 0.3 is 0 Å². The van der Waals surface area contributed by atoms with Crippen molar-refractivity contribution in [3.63, 3.8) is 0 Å². The van der Waals surface area contributed by atoms with E-state index in [0.29, 0.717) is 12.3 Å². The molecule has 5 heteroatoms. The Bertz CT molecular complexity index is 380. The molecule has 0 radical (unpaired) electrons. The molecule has 1 aromatic rings. The average Bonchev–Trinajstić information content (AvgIpc) is 2.89. The Morgan fingerprint density at radius 2 is 2.28 bits per heavy atom. The largest absolute Gasteiger partial charge is 0.467 e. The number of furan rings is 1. The Kier molecular flexibility index (Phi) is 4.66. The molecule has 1 heterocycles. The van der Waals surface area contributed by atoms with E-state index in [-0.39, 0.29) is 17.8 Å². The number of halogens is 1. The topological polar surface area (TPSA) is 53.7 Å². The zero-order valence-corrected chi connectivity index (χ0v) is 11.0. The minimum Gasteiger partial charge on any atom is -0.467 e. The maximum Gasteiger partial charge on any atom is 0.238 e. The van der Waals surface area contributed by atoms with Gasteiger partial charge in [0.2, 0.25) is 5.91 Å². The first-order chi connectivity index (χ1) is 8.72. The normalized spacial score (nSPS) is 23.9. The Labute approximate surface area is 112 Å². The number of carbonyl (C=O) groups is 1. The second-order valence-corrected chi connectivity index (χ2v) is 4.92. The van der Waals surface area contributed by atoms with Crippen molar-refractivity contribution in [2.75, 3.05) is 5.88 Å². The molecule has 1 aliphatic rings. The number of rotatable bonds is 4. The molecule has 0 saturated heterocycles. The summed E-state index contributed by atoms with van der Waals surface area (Å²) in [6, 6.07) is 3.47. The van der Waals surface area contributed by atoms with E-state index >= 15 is 0 Å². The summed E-state index contributed by atoms with van der Waals surface area (Å²) in [6.07, 6.45) is 4.74. The predicted molar refractivity (Wildman–Crippen MR) is 68.2 cm³/mol. The lowest BCUT2D eigenvalue weighted by molar-refractivity contribution is -0.135. The van der Waals surface area contributed by atoms with Gasteiger partial charge in [-0.2, -0.15) is 0 Å². The highest BCUT2D eigenvalue weighted by Crippen LogP contribution is 2.25. The standard InChI is InChI=1S/C13H18ClNO3/c14-8-13(17)15(9-10-4-3-7-18-10)11-5-1-2-6-12(11)16/h3-4,7,11-12,16H,1-2,5-6,8-9H2/t11-,12+/m1/s1. The first kappa shape index (κ1) is 13.4. The van der Waals surface area contributed by atoms with Crippen LogP contribution >= 0.6 is 11.6 Å². The Balaban J connectivity index is 2.11. The molecule has 2 atom stereocenters. The highest BCUT2D eigenvalue weighted by atomic mass is 35.5. The van der Waals surface area contributed by atoms with E-state index < -0.39 is 6.10 Å². The van der Waals surface area contributed by atoms with E-state index in [2.05, 4.69) is 0 Å². The van der Waals surface area contributed by atoms with Crippen LogP contribution in [0.1, 0.15) is 31.4 Å². The number of carbonyl (C=O) groups excluding carboxylic acids is 1. The molecule has 0 bridgehead atoms. The van der Waals surface area contributed by atoms with Gasteiger partial charge in [0.15, 0.2) is 0 Å². The van der Waals surface area contributed by atoms with Crippen LogP contribution in [0.2, 0.25) is 0 Å². The maximum absolute atomic E-state index is 11.9. The minimum absolute atomic E-state index is 0.0655. The first-order valence-corrected chi connectivity index (χ1v) is 6.81. The number of aliphatic hydroxyl groups excluding tert-OH is 1. The van der Waals surface area contributed by atoms with Gasteiger partial charge in [-0.25, -0.2) is 0 Å². The van der Waals surface area contributed by atoms with E-state index in [9.17, 15) is 9.90 Å². The number of hydrogen-bond donors (Lipinski definition) is 1. The van der Waals surface area contributed by atoms with Crippen molar-refractivity contribution >= 4 is 17.5 Å². The summed E-state index contributed by atoms with van der Waals surface area (Å²) < 4.78 is 5.27. The van der Waals surface area contributed by atoms with Crippen molar-refractivity contribution in [3.8, 4) is 0 Å². The van der Waals surface area contributed by atoms with Crippen molar-refractivity contribution in [1.29, 1.82) is 0 Å². The van der Waals surface area contributed by atoms with Gasteiger partial charge in [-0.15, -0.1) is 11.6 Å². The lowest BCUT2D eigenvalue weighted by atomic mass is 9.91. The molecule has 100 valence electrons. The molecule has 1 aromatic heterocycles. The smallest absolute Gasteiger partial charge is 0.238 e. The van der Waals surface area contributed by atoms with Crippen LogP contribution in [0.25, 0.3) is 0 Å². The van der Waals surface area contributed by atoms with Crippen molar-refractivity contribution in [2.45, 2.75) is 44.4 Å². The third-order valence-electron chi connectivity index (χ3n) is 3.44. The van der Waals surface area contributed by atoms with Gasteiger partial charge in [0.1, 0.15) is 11.6 Å². The van der Waals surface area contributed by atoms with Crippen LogP contribution in [-0.4, -0.2) is 33.9 Å².